The van der Waals surface area contributed by atoms with Gasteiger partial charge >= 0.3 is 5.97 Å². The minimum atomic E-state index is -0.864. The van der Waals surface area contributed by atoms with Crippen LogP contribution >= 0.6 is 11.6 Å². The van der Waals surface area contributed by atoms with E-state index in [1.54, 1.807) is 20.8 Å². The highest BCUT2D eigenvalue weighted by molar-refractivity contribution is 6.31. The minimum Gasteiger partial charge on any atom is -0.460 e. The average molecular weight is 411 g/mol. The summed E-state index contributed by atoms with van der Waals surface area (Å²) in [5, 5.41) is 10.8. The molecular weight excluding hydrogens is 380 g/mol. The second-order valence-corrected chi connectivity index (χ2v) is 8.69. The molecule has 1 aliphatic heterocycles. The zero-order valence-corrected chi connectivity index (χ0v) is 18.0. The number of hydrogen-bond acceptors (Lipinski definition) is 5. The molecule has 0 aliphatic carbocycles. The first-order valence-electron chi connectivity index (χ1n) is 9.74. The van der Waals surface area contributed by atoms with Crippen LogP contribution in [0.2, 0.25) is 5.02 Å². The first-order chi connectivity index (χ1) is 13.0. The van der Waals surface area contributed by atoms with Gasteiger partial charge in [0.25, 0.3) is 0 Å². The largest absolute Gasteiger partial charge is 0.460 e. The van der Waals surface area contributed by atoms with Gasteiger partial charge in [-0.25, -0.2) is 0 Å². The fraction of sp³-hybridized carbons (Fsp3) is 0.619. The zero-order valence-electron chi connectivity index (χ0n) is 17.2. The molecule has 0 bridgehead atoms. The maximum absolute atomic E-state index is 12.4. The molecule has 1 aromatic rings. The molecular formula is C21H31ClN2O4. The van der Waals surface area contributed by atoms with Crippen LogP contribution in [0.3, 0.4) is 0 Å². The van der Waals surface area contributed by atoms with Crippen molar-refractivity contribution in [2.75, 3.05) is 31.1 Å². The Hall–Kier alpha value is -1.79. The quantitative estimate of drug-likeness (QED) is 0.729. The Bertz CT molecular complexity index is 694. The lowest BCUT2D eigenvalue weighted by Gasteiger charge is -2.36. The van der Waals surface area contributed by atoms with Crippen molar-refractivity contribution in [2.45, 2.75) is 58.7 Å². The highest BCUT2D eigenvalue weighted by Crippen LogP contribution is 2.23. The number of ether oxygens (including phenoxy) is 1. The Morgan fingerprint density at radius 1 is 1.21 bits per heavy atom. The molecule has 156 valence electrons. The van der Waals surface area contributed by atoms with Gasteiger partial charge in [-0.05, 0) is 57.9 Å². The first kappa shape index (κ1) is 22.5. The number of esters is 1. The molecule has 1 heterocycles. The molecule has 7 heteroatoms. The van der Waals surface area contributed by atoms with Gasteiger partial charge in [-0.2, -0.15) is 0 Å². The van der Waals surface area contributed by atoms with Crippen LogP contribution in [0.4, 0.5) is 5.69 Å². The highest BCUT2D eigenvalue weighted by Gasteiger charge is 2.23. The summed E-state index contributed by atoms with van der Waals surface area (Å²) in [4.78, 5) is 28.2. The van der Waals surface area contributed by atoms with Crippen LogP contribution in [-0.4, -0.2) is 59.8 Å². The molecule has 1 N–H and O–H groups in total. The first-order valence-corrected chi connectivity index (χ1v) is 10.1. The smallest absolute Gasteiger partial charge is 0.308 e. The van der Waals surface area contributed by atoms with Crippen LogP contribution in [0.1, 0.15) is 45.6 Å². The number of aliphatic hydroxyl groups is 1. The van der Waals surface area contributed by atoms with Crippen molar-refractivity contribution in [2.24, 2.45) is 0 Å². The molecule has 1 aromatic carbocycles. The summed E-state index contributed by atoms with van der Waals surface area (Å²) in [6, 6.07) is 5.96. The predicted octanol–water partition coefficient (Wildman–Crippen LogP) is 3.17. The van der Waals surface area contributed by atoms with Crippen LogP contribution in [0.5, 0.6) is 0 Å². The van der Waals surface area contributed by atoms with Gasteiger partial charge in [-0.3, -0.25) is 9.59 Å². The van der Waals surface area contributed by atoms with Gasteiger partial charge < -0.3 is 19.6 Å². The molecule has 1 fully saturated rings. The third-order valence-corrected chi connectivity index (χ3v) is 5.08. The standard InChI is InChI=1S/C21H31ClN2O4/c1-15-13-16(5-7-18(15)22)23-9-11-24(12-10-23)19(26)8-6-17(25)14-20(27)28-21(2,3)4/h5,7,13,17,25H,6,8-12,14H2,1-4H3. The Morgan fingerprint density at radius 2 is 1.86 bits per heavy atom. The van der Waals surface area contributed by atoms with Crippen LogP contribution in [-0.2, 0) is 14.3 Å². The third-order valence-electron chi connectivity index (χ3n) is 4.65. The Morgan fingerprint density at radius 3 is 2.43 bits per heavy atom. The van der Waals surface area contributed by atoms with Crippen molar-refractivity contribution in [1.29, 1.82) is 0 Å². The molecule has 1 aliphatic rings. The summed E-state index contributed by atoms with van der Waals surface area (Å²) in [6.07, 6.45) is -0.468. The second kappa shape index (κ2) is 9.61. The average Bonchev–Trinajstić information content (AvgIpc) is 2.60. The van der Waals surface area contributed by atoms with Crippen molar-refractivity contribution < 1.29 is 19.4 Å². The number of aliphatic hydroxyl groups excluding tert-OH is 1. The van der Waals surface area contributed by atoms with Gasteiger partial charge in [0.2, 0.25) is 5.91 Å². The van der Waals surface area contributed by atoms with E-state index in [0.29, 0.717) is 13.1 Å². The van der Waals surface area contributed by atoms with Crippen LogP contribution in [0, 0.1) is 6.92 Å². The van der Waals surface area contributed by atoms with Crippen molar-refractivity contribution in [1.82, 2.24) is 4.90 Å². The summed E-state index contributed by atoms with van der Waals surface area (Å²) in [7, 11) is 0. The monoisotopic (exact) mass is 410 g/mol. The van der Waals surface area contributed by atoms with Gasteiger partial charge in [-0.1, -0.05) is 11.6 Å². The molecule has 1 amide bonds. The van der Waals surface area contributed by atoms with E-state index in [0.717, 1.165) is 29.4 Å². The fourth-order valence-electron chi connectivity index (χ4n) is 3.17. The maximum Gasteiger partial charge on any atom is 0.308 e. The van der Waals surface area contributed by atoms with Crippen molar-refractivity contribution in [3.05, 3.63) is 28.8 Å². The lowest BCUT2D eigenvalue weighted by molar-refractivity contribution is -0.157. The van der Waals surface area contributed by atoms with Crippen LogP contribution in [0.15, 0.2) is 18.2 Å². The van der Waals surface area contributed by atoms with Gasteiger partial charge in [0.15, 0.2) is 0 Å². The number of anilines is 1. The number of carbonyl (C=O) groups excluding carboxylic acids is 2. The summed E-state index contributed by atoms with van der Waals surface area (Å²) in [5.74, 6) is -0.436. The molecule has 6 nitrogen and oxygen atoms in total. The topological polar surface area (TPSA) is 70.1 Å². The summed E-state index contributed by atoms with van der Waals surface area (Å²) in [6.45, 7) is 10.1. The number of halogens is 1. The van der Waals surface area contributed by atoms with E-state index in [1.165, 1.54) is 0 Å². The lowest BCUT2D eigenvalue weighted by atomic mass is 10.1. The Labute approximate surface area is 172 Å². The Balaban J connectivity index is 1.74. The third kappa shape index (κ3) is 6.99. The van der Waals surface area contributed by atoms with Crippen molar-refractivity contribution in [3.63, 3.8) is 0 Å². The van der Waals surface area contributed by atoms with Gasteiger partial charge in [0.1, 0.15) is 5.60 Å². The van der Waals surface area contributed by atoms with Gasteiger partial charge in [0, 0.05) is 43.3 Å². The molecule has 0 aromatic heterocycles. The van der Waals surface area contributed by atoms with Gasteiger partial charge in [-0.15, -0.1) is 0 Å². The SMILES string of the molecule is Cc1cc(N2CCN(C(=O)CCC(O)CC(=O)OC(C)(C)C)CC2)ccc1Cl. The summed E-state index contributed by atoms with van der Waals surface area (Å²) in [5.41, 5.74) is 1.58. The van der Waals surface area contributed by atoms with E-state index >= 15 is 0 Å². The maximum atomic E-state index is 12.4. The highest BCUT2D eigenvalue weighted by atomic mass is 35.5. The summed E-state index contributed by atoms with van der Waals surface area (Å²) >= 11 is 6.09. The van der Waals surface area contributed by atoms with Crippen molar-refractivity contribution in [3.8, 4) is 0 Å². The number of rotatable bonds is 6. The molecule has 28 heavy (non-hydrogen) atoms. The Kier molecular flexibility index (Phi) is 7.72. The second-order valence-electron chi connectivity index (χ2n) is 8.28. The number of amides is 1. The molecule has 0 saturated carbocycles. The van der Waals surface area contributed by atoms with E-state index in [4.69, 9.17) is 16.3 Å². The van der Waals surface area contributed by atoms with Crippen LogP contribution in [0.25, 0.3) is 0 Å². The van der Waals surface area contributed by atoms with E-state index in [1.807, 2.05) is 24.0 Å². The minimum absolute atomic E-state index is 0.00942. The predicted molar refractivity (Wildman–Crippen MR) is 111 cm³/mol. The van der Waals surface area contributed by atoms with Crippen LogP contribution < -0.4 is 4.90 Å². The van der Waals surface area contributed by atoms with E-state index in [-0.39, 0.29) is 25.2 Å². The number of hydrogen-bond donors (Lipinski definition) is 1. The molecule has 0 radical (unpaired) electrons. The normalized spacial score (nSPS) is 16.1. The van der Waals surface area contributed by atoms with E-state index < -0.39 is 17.7 Å². The molecule has 1 unspecified atom stereocenters. The number of nitrogens with zero attached hydrogens (tertiary/aromatic N) is 2. The van der Waals surface area contributed by atoms with E-state index in [9.17, 15) is 14.7 Å². The molecule has 0 spiro atoms. The molecule has 1 saturated heterocycles. The van der Waals surface area contributed by atoms with Gasteiger partial charge in [0.05, 0.1) is 12.5 Å². The zero-order chi connectivity index (χ0) is 20.9. The number of aryl methyl sites for hydroxylation is 1. The fourth-order valence-corrected chi connectivity index (χ4v) is 3.28. The lowest BCUT2D eigenvalue weighted by Crippen LogP contribution is -2.48. The summed E-state index contributed by atoms with van der Waals surface area (Å²) < 4.78 is 5.19. The number of piperazine rings is 1. The van der Waals surface area contributed by atoms with E-state index in [2.05, 4.69) is 11.0 Å². The molecule has 2 rings (SSSR count). The number of benzene rings is 1. The number of carbonyl (C=O) groups is 2. The molecule has 1 atom stereocenters. The van der Waals surface area contributed by atoms with Crippen molar-refractivity contribution >= 4 is 29.2 Å².